The van der Waals surface area contributed by atoms with Crippen LogP contribution in [0.4, 0.5) is 5.13 Å². The Balaban J connectivity index is 0.000000347. The van der Waals surface area contributed by atoms with E-state index in [1.165, 1.54) is 36.3 Å². The molecule has 4 rings (SSSR count). The Hall–Kier alpha value is -3.50. The minimum absolute atomic E-state index is 0.280. The summed E-state index contributed by atoms with van der Waals surface area (Å²) in [6, 6.07) is 5.69. The molecule has 2 aliphatic rings. The van der Waals surface area contributed by atoms with Crippen LogP contribution in [0.2, 0.25) is 0 Å². The van der Waals surface area contributed by atoms with Crippen LogP contribution in [0.25, 0.3) is 0 Å². The van der Waals surface area contributed by atoms with Crippen LogP contribution >= 0.6 is 11.5 Å². The number of benzene rings is 1. The molecule has 1 aromatic heterocycles. The summed E-state index contributed by atoms with van der Waals surface area (Å²) in [5.41, 5.74) is 1.83. The van der Waals surface area contributed by atoms with E-state index in [2.05, 4.69) is 57.9 Å². The van der Waals surface area contributed by atoms with Crippen LogP contribution in [0.15, 0.2) is 60.7 Å². The maximum absolute atomic E-state index is 5.70. The number of hydroxylamine groups is 1. The van der Waals surface area contributed by atoms with Gasteiger partial charge >= 0.3 is 7.25 Å². The average Bonchev–Trinajstić information content (AvgIpc) is 3.60. The second-order valence-corrected chi connectivity index (χ2v) is 10.9. The molecule has 236 valence electrons. The third-order valence-corrected chi connectivity index (χ3v) is 7.24. The topological polar surface area (TPSA) is 99.2 Å². The summed E-state index contributed by atoms with van der Waals surface area (Å²) in [4.78, 5) is 9.76. The maximum Gasteiger partial charge on any atom is 0.591 e. The zero-order valence-electron chi connectivity index (χ0n) is 27.0. The first-order chi connectivity index (χ1) is 20.6. The highest BCUT2D eigenvalue weighted by atomic mass is 32.1. The molecule has 2 heterocycles. The van der Waals surface area contributed by atoms with Crippen molar-refractivity contribution in [2.75, 3.05) is 32.9 Å². The highest BCUT2D eigenvalue weighted by Crippen LogP contribution is 2.35. The SMILES string of the molecule is C#C.CC1=CCCC=C1.CCON(Cc1ccc(OC)cc1OC)c1ncns1.CN/C=C\NB1OC(C)(C)C(C)(C)O1. The number of allylic oxidation sites excluding steroid dienone is 4. The summed E-state index contributed by atoms with van der Waals surface area (Å²) in [5, 5.41) is 8.31. The number of rotatable bonds is 10. The third kappa shape index (κ3) is 12.7. The van der Waals surface area contributed by atoms with Gasteiger partial charge in [-0.05, 0) is 66.5 Å². The van der Waals surface area contributed by atoms with E-state index in [0.717, 1.165) is 17.1 Å². The standard InChI is InChI=1S/C13H17N3O3S.C9H19BN2O2.C7H10.C2H2/c1-4-19-16(13-14-9-15-20-13)8-10-5-6-11(17-2)7-12(10)18-3;1-8(2)9(3,4)14-10(13-8)12-7-6-11-5;1-7-5-3-2-4-6-7;1-2/h5-7,9H,4,8H2,1-3H3;6-7,11-12H,1-5H3;3,5-6H,2,4H2,1H3;1-2H/b;7-6-;;. The summed E-state index contributed by atoms with van der Waals surface area (Å²) >= 11 is 1.29. The van der Waals surface area contributed by atoms with Gasteiger partial charge in [0.1, 0.15) is 17.8 Å². The first-order valence-corrected chi connectivity index (χ1v) is 14.8. The molecule has 2 N–H and O–H groups in total. The average molecular weight is 614 g/mol. The molecule has 1 aromatic carbocycles. The normalized spacial score (nSPS) is 15.9. The van der Waals surface area contributed by atoms with Gasteiger partial charge in [0, 0.05) is 42.6 Å². The van der Waals surface area contributed by atoms with Gasteiger partial charge in [0.05, 0.1) is 38.6 Å². The van der Waals surface area contributed by atoms with Gasteiger partial charge in [0.25, 0.3) is 0 Å². The largest absolute Gasteiger partial charge is 0.591 e. The van der Waals surface area contributed by atoms with E-state index < -0.39 is 0 Å². The van der Waals surface area contributed by atoms with Gasteiger partial charge in [-0.15, -0.1) is 12.8 Å². The van der Waals surface area contributed by atoms with Crippen LogP contribution in [0.5, 0.6) is 11.5 Å². The number of ether oxygens (including phenoxy) is 2. The van der Waals surface area contributed by atoms with Gasteiger partial charge < -0.3 is 29.3 Å². The van der Waals surface area contributed by atoms with E-state index in [9.17, 15) is 0 Å². The van der Waals surface area contributed by atoms with Crippen molar-refractivity contribution in [1.29, 1.82) is 0 Å². The summed E-state index contributed by atoms with van der Waals surface area (Å²) in [7, 11) is 4.73. The number of nitrogens with one attached hydrogen (secondary N) is 2. The lowest BCUT2D eigenvalue weighted by Crippen LogP contribution is -2.41. The molecule has 1 fully saturated rings. The molecule has 0 amide bonds. The number of aromatic nitrogens is 2. The molecule has 0 atom stereocenters. The van der Waals surface area contributed by atoms with Crippen molar-refractivity contribution < 1.29 is 23.6 Å². The summed E-state index contributed by atoms with van der Waals surface area (Å²) in [5.74, 6) is 1.50. The highest BCUT2D eigenvalue weighted by Gasteiger charge is 2.51. The van der Waals surface area contributed by atoms with Gasteiger partial charge in [-0.1, -0.05) is 23.8 Å². The number of hydrogen-bond donors (Lipinski definition) is 2. The molecule has 0 radical (unpaired) electrons. The highest BCUT2D eigenvalue weighted by molar-refractivity contribution is 7.09. The lowest BCUT2D eigenvalue weighted by molar-refractivity contribution is 0.00578. The van der Waals surface area contributed by atoms with E-state index in [1.807, 2.05) is 59.9 Å². The van der Waals surface area contributed by atoms with Crippen molar-refractivity contribution in [1.82, 2.24) is 19.9 Å². The first-order valence-electron chi connectivity index (χ1n) is 14.1. The van der Waals surface area contributed by atoms with Crippen molar-refractivity contribution in [3.63, 3.8) is 0 Å². The van der Waals surface area contributed by atoms with Crippen LogP contribution in [0.3, 0.4) is 0 Å². The van der Waals surface area contributed by atoms with Crippen molar-refractivity contribution in [3.8, 4) is 24.3 Å². The van der Waals surface area contributed by atoms with Crippen LogP contribution in [-0.2, 0) is 20.7 Å². The second kappa shape index (κ2) is 19.6. The number of anilines is 1. The minimum Gasteiger partial charge on any atom is -0.497 e. The molecule has 10 nitrogen and oxygen atoms in total. The molecule has 43 heavy (non-hydrogen) atoms. The fourth-order valence-electron chi connectivity index (χ4n) is 3.60. The Morgan fingerprint density at radius 2 is 1.79 bits per heavy atom. The lowest BCUT2D eigenvalue weighted by Gasteiger charge is -2.32. The van der Waals surface area contributed by atoms with Crippen molar-refractivity contribution in [2.45, 2.75) is 72.1 Å². The summed E-state index contributed by atoms with van der Waals surface area (Å²) in [6.07, 6.45) is 22.2. The van der Waals surface area contributed by atoms with E-state index in [4.69, 9.17) is 23.6 Å². The van der Waals surface area contributed by atoms with Gasteiger partial charge in [0.2, 0.25) is 5.13 Å². The zero-order chi connectivity index (χ0) is 32.3. The summed E-state index contributed by atoms with van der Waals surface area (Å²) in [6.45, 7) is 13.2. The zero-order valence-corrected chi connectivity index (χ0v) is 27.9. The number of terminal acetylenes is 1. The number of methoxy groups -OCH3 is 2. The Morgan fingerprint density at radius 3 is 2.26 bits per heavy atom. The Morgan fingerprint density at radius 1 is 1.09 bits per heavy atom. The fourth-order valence-corrected chi connectivity index (χ4v) is 4.10. The molecule has 1 aliphatic heterocycles. The van der Waals surface area contributed by atoms with Crippen molar-refractivity contribution >= 4 is 23.9 Å². The first kappa shape index (κ1) is 37.5. The predicted molar refractivity (Wildman–Crippen MR) is 177 cm³/mol. The molecular formula is C31H48BN5O5S. The Kier molecular flexibility index (Phi) is 17.1. The van der Waals surface area contributed by atoms with Crippen LogP contribution in [0.1, 0.15) is 59.9 Å². The van der Waals surface area contributed by atoms with Gasteiger partial charge in [-0.25, -0.2) is 10.0 Å². The molecule has 0 unspecified atom stereocenters. The Bertz CT molecular complexity index is 1150. The van der Waals surface area contributed by atoms with E-state index in [-0.39, 0.29) is 18.5 Å². The molecule has 0 saturated carbocycles. The quantitative estimate of drug-likeness (QED) is 0.191. The van der Waals surface area contributed by atoms with E-state index in [0.29, 0.717) is 18.3 Å². The van der Waals surface area contributed by atoms with Gasteiger partial charge in [-0.2, -0.15) is 4.37 Å². The molecular weight excluding hydrogens is 565 g/mol. The predicted octanol–water partition coefficient (Wildman–Crippen LogP) is 5.90. The Labute approximate surface area is 262 Å². The number of nitrogens with zero attached hydrogens (tertiary/aromatic N) is 3. The minimum atomic E-state index is -0.371. The van der Waals surface area contributed by atoms with Gasteiger partial charge in [-0.3, -0.25) is 4.84 Å². The summed E-state index contributed by atoms with van der Waals surface area (Å²) < 4.78 is 26.0. The second-order valence-electron chi connectivity index (χ2n) is 10.2. The molecule has 0 bridgehead atoms. The lowest BCUT2D eigenvalue weighted by atomic mass is 9.90. The number of hydrogen-bond acceptors (Lipinski definition) is 11. The molecule has 1 saturated heterocycles. The third-order valence-electron chi connectivity index (χ3n) is 6.57. The monoisotopic (exact) mass is 613 g/mol. The van der Waals surface area contributed by atoms with Crippen molar-refractivity contribution in [3.05, 3.63) is 66.3 Å². The van der Waals surface area contributed by atoms with Crippen LogP contribution in [-0.4, -0.2) is 55.7 Å². The van der Waals surface area contributed by atoms with Crippen LogP contribution < -0.4 is 25.1 Å². The van der Waals surface area contributed by atoms with E-state index >= 15 is 0 Å². The maximum atomic E-state index is 5.70. The smallest absolute Gasteiger partial charge is 0.497 e. The molecule has 2 aromatic rings. The molecule has 0 spiro atoms. The van der Waals surface area contributed by atoms with E-state index in [1.54, 1.807) is 31.7 Å². The fraction of sp³-hybridized carbons (Fsp3) is 0.484. The van der Waals surface area contributed by atoms with Gasteiger partial charge in [0.15, 0.2) is 0 Å². The molecule has 1 aliphatic carbocycles. The van der Waals surface area contributed by atoms with Crippen molar-refractivity contribution in [2.24, 2.45) is 0 Å². The van der Waals surface area contributed by atoms with Crippen LogP contribution in [0, 0.1) is 12.8 Å². The molecule has 12 heteroatoms.